The van der Waals surface area contributed by atoms with E-state index in [0.717, 1.165) is 5.56 Å². The van der Waals surface area contributed by atoms with Crippen LogP contribution in [0.25, 0.3) is 0 Å². The van der Waals surface area contributed by atoms with E-state index >= 15 is 0 Å². The largest absolute Gasteiger partial charge is 0.373 e. The molecule has 1 atom stereocenters. The summed E-state index contributed by atoms with van der Waals surface area (Å²) in [6.45, 7) is 1.96. The molecule has 0 fully saturated rings. The van der Waals surface area contributed by atoms with Crippen molar-refractivity contribution in [2.24, 2.45) is 5.90 Å². The van der Waals surface area contributed by atoms with Crippen LogP contribution in [0.3, 0.4) is 0 Å². The van der Waals surface area contributed by atoms with E-state index < -0.39 is 0 Å². The lowest BCUT2D eigenvalue weighted by Gasteiger charge is -2.08. The van der Waals surface area contributed by atoms with Gasteiger partial charge in [-0.3, -0.25) is 4.79 Å². The number of carbonyl (C=O) groups excluding carboxylic acids is 1. The minimum absolute atomic E-state index is 0.150. The topological polar surface area (TPSA) is 52.3 Å². The van der Waals surface area contributed by atoms with Gasteiger partial charge in [0.2, 0.25) is 0 Å². The molecule has 13 heavy (non-hydrogen) atoms. The average molecular weight is 179 g/mol. The Kier molecular flexibility index (Phi) is 3.46. The van der Waals surface area contributed by atoms with Crippen molar-refractivity contribution in [2.45, 2.75) is 19.3 Å². The molecule has 0 saturated heterocycles. The Labute approximate surface area is 77.5 Å². The first-order valence-corrected chi connectivity index (χ1v) is 4.18. The highest BCUT2D eigenvalue weighted by atomic mass is 16.7. The second-order valence-electron chi connectivity index (χ2n) is 3.01. The number of nitrogens with two attached hydrogens (primary N) is 1. The summed E-state index contributed by atoms with van der Waals surface area (Å²) < 4.78 is 0. The van der Waals surface area contributed by atoms with Crippen molar-refractivity contribution in [3.8, 4) is 0 Å². The zero-order valence-corrected chi connectivity index (χ0v) is 7.57. The van der Waals surface area contributed by atoms with Gasteiger partial charge in [0.1, 0.15) is 0 Å². The van der Waals surface area contributed by atoms with Gasteiger partial charge in [-0.2, -0.15) is 5.90 Å². The Hall–Kier alpha value is -1.35. The Morgan fingerprint density at radius 3 is 2.62 bits per heavy atom. The highest BCUT2D eigenvalue weighted by Crippen LogP contribution is 2.18. The van der Waals surface area contributed by atoms with Gasteiger partial charge in [-0.05, 0) is 11.5 Å². The van der Waals surface area contributed by atoms with Crippen LogP contribution < -0.4 is 5.90 Å². The van der Waals surface area contributed by atoms with Crippen molar-refractivity contribution < 1.29 is 9.63 Å². The molecule has 0 bridgehead atoms. The minimum atomic E-state index is -0.378. The maximum Gasteiger partial charge on any atom is 0.325 e. The molecule has 70 valence electrons. The molecule has 0 aromatic heterocycles. The summed E-state index contributed by atoms with van der Waals surface area (Å²) in [5, 5.41) is 0. The lowest BCUT2D eigenvalue weighted by atomic mass is 9.98. The van der Waals surface area contributed by atoms with E-state index in [0.29, 0.717) is 6.42 Å². The molecule has 1 aromatic rings. The van der Waals surface area contributed by atoms with Crippen molar-refractivity contribution in [3.05, 3.63) is 35.9 Å². The summed E-state index contributed by atoms with van der Waals surface area (Å²) in [5.74, 6) is 4.52. The van der Waals surface area contributed by atoms with Gasteiger partial charge in [-0.25, -0.2) is 0 Å². The van der Waals surface area contributed by atoms with Crippen molar-refractivity contribution in [1.82, 2.24) is 0 Å². The molecule has 0 spiro atoms. The Balaban J connectivity index is 2.59. The molecule has 0 saturated carbocycles. The summed E-state index contributed by atoms with van der Waals surface area (Å²) in [7, 11) is 0. The third kappa shape index (κ3) is 2.87. The molecule has 1 unspecified atom stereocenters. The van der Waals surface area contributed by atoms with Crippen molar-refractivity contribution in [2.75, 3.05) is 0 Å². The third-order valence-corrected chi connectivity index (χ3v) is 1.97. The highest BCUT2D eigenvalue weighted by Gasteiger charge is 2.10. The fourth-order valence-corrected chi connectivity index (χ4v) is 1.20. The van der Waals surface area contributed by atoms with Gasteiger partial charge in [-0.1, -0.05) is 37.3 Å². The van der Waals surface area contributed by atoms with Crippen LogP contribution in [0.2, 0.25) is 0 Å². The second-order valence-corrected chi connectivity index (χ2v) is 3.01. The van der Waals surface area contributed by atoms with Crippen LogP contribution >= 0.6 is 0 Å². The van der Waals surface area contributed by atoms with Gasteiger partial charge in [0, 0.05) is 0 Å². The van der Waals surface area contributed by atoms with E-state index in [-0.39, 0.29) is 11.9 Å². The van der Waals surface area contributed by atoms with Gasteiger partial charge in [0.25, 0.3) is 0 Å². The van der Waals surface area contributed by atoms with E-state index in [9.17, 15) is 4.79 Å². The van der Waals surface area contributed by atoms with E-state index in [2.05, 4.69) is 4.84 Å². The summed E-state index contributed by atoms with van der Waals surface area (Å²) in [6, 6.07) is 9.79. The maximum atomic E-state index is 10.8. The predicted octanol–water partition coefficient (Wildman–Crippen LogP) is 1.60. The van der Waals surface area contributed by atoms with E-state index in [1.54, 1.807) is 0 Å². The zero-order chi connectivity index (χ0) is 9.68. The molecule has 0 radical (unpaired) electrons. The van der Waals surface area contributed by atoms with Gasteiger partial charge in [0.15, 0.2) is 0 Å². The normalized spacial score (nSPS) is 12.2. The lowest BCUT2D eigenvalue weighted by molar-refractivity contribution is -0.144. The van der Waals surface area contributed by atoms with Gasteiger partial charge in [0.05, 0.1) is 6.42 Å². The number of rotatable bonds is 3. The number of hydrogen-bond donors (Lipinski definition) is 1. The molecule has 0 amide bonds. The van der Waals surface area contributed by atoms with Crippen LogP contribution in [0.1, 0.15) is 24.8 Å². The number of hydrogen-bond acceptors (Lipinski definition) is 3. The van der Waals surface area contributed by atoms with Crippen LogP contribution in [0.5, 0.6) is 0 Å². The molecule has 0 aliphatic rings. The fourth-order valence-electron chi connectivity index (χ4n) is 1.20. The third-order valence-electron chi connectivity index (χ3n) is 1.97. The SMILES string of the molecule is CC(CC(=O)ON)c1ccccc1. The first-order chi connectivity index (χ1) is 6.24. The lowest BCUT2D eigenvalue weighted by Crippen LogP contribution is -2.12. The summed E-state index contributed by atoms with van der Waals surface area (Å²) in [4.78, 5) is 15.0. The fraction of sp³-hybridized carbons (Fsp3) is 0.300. The van der Waals surface area contributed by atoms with Gasteiger partial charge in [-0.15, -0.1) is 0 Å². The minimum Gasteiger partial charge on any atom is -0.373 e. The van der Waals surface area contributed by atoms with E-state index in [1.807, 2.05) is 37.3 Å². The molecule has 2 N–H and O–H groups in total. The van der Waals surface area contributed by atoms with Gasteiger partial charge < -0.3 is 4.84 Å². The standard InChI is InChI=1S/C10H13NO2/c1-8(7-10(12)13-11)9-5-3-2-4-6-9/h2-6,8H,7,11H2,1H3. The zero-order valence-electron chi connectivity index (χ0n) is 7.57. The van der Waals surface area contributed by atoms with Crippen LogP contribution in [0.15, 0.2) is 30.3 Å². The Morgan fingerprint density at radius 1 is 1.46 bits per heavy atom. The molecule has 1 aromatic carbocycles. The molecule has 0 aliphatic heterocycles. The average Bonchev–Trinajstić information content (AvgIpc) is 2.19. The molecule has 0 aliphatic carbocycles. The molecular weight excluding hydrogens is 166 g/mol. The number of carbonyl (C=O) groups is 1. The van der Waals surface area contributed by atoms with Crippen molar-refractivity contribution in [1.29, 1.82) is 0 Å². The summed E-state index contributed by atoms with van der Waals surface area (Å²) in [5.41, 5.74) is 1.12. The van der Waals surface area contributed by atoms with Gasteiger partial charge >= 0.3 is 5.97 Å². The maximum absolute atomic E-state index is 10.8. The monoisotopic (exact) mass is 179 g/mol. The predicted molar refractivity (Wildman–Crippen MR) is 49.8 cm³/mol. The van der Waals surface area contributed by atoms with Crippen molar-refractivity contribution in [3.63, 3.8) is 0 Å². The summed E-state index contributed by atoms with van der Waals surface area (Å²) in [6.07, 6.45) is 0.320. The number of benzene rings is 1. The first-order valence-electron chi connectivity index (χ1n) is 4.18. The summed E-state index contributed by atoms with van der Waals surface area (Å²) >= 11 is 0. The van der Waals surface area contributed by atoms with E-state index in [1.165, 1.54) is 0 Å². The molecule has 3 nitrogen and oxygen atoms in total. The first kappa shape index (κ1) is 9.74. The molecule has 1 rings (SSSR count). The van der Waals surface area contributed by atoms with Crippen molar-refractivity contribution >= 4 is 5.97 Å². The second kappa shape index (κ2) is 4.62. The molecule has 3 heteroatoms. The van der Waals surface area contributed by atoms with Crippen LogP contribution in [0, 0.1) is 0 Å². The van der Waals surface area contributed by atoms with Crippen LogP contribution in [-0.4, -0.2) is 5.97 Å². The Bertz CT molecular complexity index is 272. The Morgan fingerprint density at radius 2 is 2.08 bits per heavy atom. The highest BCUT2D eigenvalue weighted by molar-refractivity contribution is 5.70. The quantitative estimate of drug-likeness (QED) is 0.717. The van der Waals surface area contributed by atoms with Crippen LogP contribution in [0.4, 0.5) is 0 Å². The molecule has 0 heterocycles. The van der Waals surface area contributed by atoms with E-state index in [4.69, 9.17) is 5.90 Å². The smallest absolute Gasteiger partial charge is 0.325 e. The molecular formula is C10H13NO2. The van der Waals surface area contributed by atoms with Crippen LogP contribution in [-0.2, 0) is 9.63 Å².